The maximum atomic E-state index is 13.2. The average molecular weight is 345 g/mol. The fraction of sp³-hybridized carbons (Fsp3) is 0.318. The van der Waals surface area contributed by atoms with Crippen molar-refractivity contribution in [3.63, 3.8) is 0 Å². The van der Waals surface area contributed by atoms with Crippen LogP contribution in [0.4, 0.5) is 5.69 Å². The number of rotatable bonds is 2. The number of anilines is 1. The van der Waals surface area contributed by atoms with E-state index in [9.17, 15) is 4.79 Å². The van der Waals surface area contributed by atoms with Crippen molar-refractivity contribution in [2.24, 2.45) is 11.3 Å². The Morgan fingerprint density at radius 2 is 1.77 bits per heavy atom. The monoisotopic (exact) mass is 345 g/mol. The van der Waals surface area contributed by atoms with E-state index < -0.39 is 5.41 Å². The van der Waals surface area contributed by atoms with Crippen LogP contribution in [0.2, 0.25) is 0 Å². The van der Waals surface area contributed by atoms with Gasteiger partial charge >= 0.3 is 0 Å². The van der Waals surface area contributed by atoms with Gasteiger partial charge in [-0.2, -0.15) is 0 Å². The van der Waals surface area contributed by atoms with Gasteiger partial charge in [0.15, 0.2) is 0 Å². The van der Waals surface area contributed by atoms with E-state index in [0.717, 1.165) is 40.3 Å². The second kappa shape index (κ2) is 5.90. The number of aryl methyl sites for hydroxylation is 2. The molecule has 3 heterocycles. The zero-order valence-corrected chi connectivity index (χ0v) is 15.7. The lowest BCUT2D eigenvalue weighted by molar-refractivity contribution is -0.125. The first kappa shape index (κ1) is 16.7. The predicted octanol–water partition coefficient (Wildman–Crippen LogP) is 4.45. The van der Waals surface area contributed by atoms with Crippen molar-refractivity contribution < 1.29 is 4.79 Å². The van der Waals surface area contributed by atoms with Gasteiger partial charge in [-0.15, -0.1) is 0 Å². The number of carbonyl (C=O) groups excluding carboxylic acids is 1. The van der Waals surface area contributed by atoms with Gasteiger partial charge in [0.1, 0.15) is 0 Å². The summed E-state index contributed by atoms with van der Waals surface area (Å²) in [4.78, 5) is 23.7. The Morgan fingerprint density at radius 1 is 1.08 bits per heavy atom. The predicted molar refractivity (Wildman–Crippen MR) is 103 cm³/mol. The third-order valence-corrected chi connectivity index (χ3v) is 5.49. The van der Waals surface area contributed by atoms with E-state index in [0.29, 0.717) is 0 Å². The molecule has 0 aromatic carbocycles. The van der Waals surface area contributed by atoms with Crippen LogP contribution < -0.4 is 4.90 Å². The Bertz CT molecular complexity index is 955. The maximum absolute atomic E-state index is 13.2. The van der Waals surface area contributed by atoms with Crippen LogP contribution in [0, 0.1) is 25.2 Å². The van der Waals surface area contributed by atoms with Crippen molar-refractivity contribution in [2.45, 2.75) is 34.1 Å². The van der Waals surface area contributed by atoms with Crippen molar-refractivity contribution in [3.05, 3.63) is 71.5 Å². The standard InChI is InChI=1S/C22H23N3O/c1-14-11-17(7-9-23-14)16-5-6-19-20(13-16)25(21(26)22(19,3)4)18-8-10-24-15(2)12-18/h5,7-13,19H,6H2,1-4H3. The van der Waals surface area contributed by atoms with E-state index in [1.807, 2.05) is 43.1 Å². The molecule has 26 heavy (non-hydrogen) atoms. The summed E-state index contributed by atoms with van der Waals surface area (Å²) in [5.41, 5.74) is 5.77. The maximum Gasteiger partial charge on any atom is 0.237 e. The molecule has 0 bridgehead atoms. The normalized spacial score (nSPS) is 21.3. The number of hydrogen-bond acceptors (Lipinski definition) is 3. The zero-order valence-electron chi connectivity index (χ0n) is 15.7. The van der Waals surface area contributed by atoms with Crippen molar-refractivity contribution in [2.75, 3.05) is 4.90 Å². The SMILES string of the molecule is Cc1cc(C2=CCC3C(=C2)N(c2ccnc(C)c2)C(=O)C3(C)C)ccn1. The van der Waals surface area contributed by atoms with Crippen LogP contribution in [0.3, 0.4) is 0 Å². The molecule has 4 rings (SSSR count). The van der Waals surface area contributed by atoms with Gasteiger partial charge in [-0.1, -0.05) is 19.9 Å². The van der Waals surface area contributed by atoms with Crippen molar-refractivity contribution in [3.8, 4) is 0 Å². The van der Waals surface area contributed by atoms with Crippen LogP contribution in [-0.4, -0.2) is 15.9 Å². The minimum Gasteiger partial charge on any atom is -0.284 e. The molecule has 1 atom stereocenters. The third kappa shape index (κ3) is 2.57. The molecule has 1 fully saturated rings. The molecule has 2 aromatic heterocycles. The van der Waals surface area contributed by atoms with Gasteiger partial charge in [0.05, 0.1) is 11.1 Å². The van der Waals surface area contributed by atoms with E-state index >= 15 is 0 Å². The van der Waals surface area contributed by atoms with Crippen molar-refractivity contribution >= 4 is 17.2 Å². The molecule has 1 saturated heterocycles. The molecular formula is C22H23N3O. The highest BCUT2D eigenvalue weighted by Crippen LogP contribution is 2.50. The van der Waals surface area contributed by atoms with Crippen LogP contribution in [0.1, 0.15) is 37.2 Å². The Labute approximate surface area is 154 Å². The summed E-state index contributed by atoms with van der Waals surface area (Å²) in [7, 11) is 0. The average Bonchev–Trinajstić information content (AvgIpc) is 2.81. The van der Waals surface area contributed by atoms with Crippen LogP contribution in [0.5, 0.6) is 0 Å². The molecule has 4 nitrogen and oxygen atoms in total. The van der Waals surface area contributed by atoms with Gasteiger partial charge in [-0.3, -0.25) is 19.7 Å². The van der Waals surface area contributed by atoms with Crippen LogP contribution in [0.25, 0.3) is 5.57 Å². The summed E-state index contributed by atoms with van der Waals surface area (Å²) in [5.74, 6) is 0.343. The first-order valence-corrected chi connectivity index (χ1v) is 9.00. The number of amides is 1. The quantitative estimate of drug-likeness (QED) is 0.807. The van der Waals surface area contributed by atoms with Gasteiger partial charge in [0.2, 0.25) is 5.91 Å². The number of nitrogens with zero attached hydrogens (tertiary/aromatic N) is 3. The molecule has 0 saturated carbocycles. The Morgan fingerprint density at radius 3 is 2.46 bits per heavy atom. The molecule has 0 radical (unpaired) electrons. The van der Waals surface area contributed by atoms with E-state index in [1.165, 1.54) is 0 Å². The van der Waals surface area contributed by atoms with Crippen molar-refractivity contribution in [1.29, 1.82) is 0 Å². The molecule has 1 aliphatic heterocycles. The molecule has 132 valence electrons. The number of allylic oxidation sites excluding steroid dienone is 4. The lowest BCUT2D eigenvalue weighted by Crippen LogP contribution is -2.31. The number of pyridine rings is 2. The van der Waals surface area contributed by atoms with Crippen LogP contribution >= 0.6 is 0 Å². The summed E-state index contributed by atoms with van der Waals surface area (Å²) < 4.78 is 0. The lowest BCUT2D eigenvalue weighted by atomic mass is 9.75. The molecule has 4 heteroatoms. The minimum absolute atomic E-state index is 0.153. The summed E-state index contributed by atoms with van der Waals surface area (Å²) in [6.07, 6.45) is 8.89. The number of fused-ring (bicyclic) bond motifs is 1. The second-order valence-electron chi connectivity index (χ2n) is 7.72. The topological polar surface area (TPSA) is 46.1 Å². The largest absolute Gasteiger partial charge is 0.284 e. The number of aromatic nitrogens is 2. The van der Waals surface area contributed by atoms with Gasteiger partial charge < -0.3 is 0 Å². The molecular weight excluding hydrogens is 322 g/mol. The van der Waals surface area contributed by atoms with E-state index in [4.69, 9.17) is 0 Å². The minimum atomic E-state index is -0.417. The van der Waals surface area contributed by atoms with Crippen molar-refractivity contribution in [1.82, 2.24) is 9.97 Å². The first-order valence-electron chi connectivity index (χ1n) is 9.00. The fourth-order valence-corrected chi connectivity index (χ4v) is 3.99. The highest BCUT2D eigenvalue weighted by Gasteiger charge is 2.51. The molecule has 1 aliphatic carbocycles. The summed E-state index contributed by atoms with van der Waals surface area (Å²) in [6.45, 7) is 8.05. The van der Waals surface area contributed by atoms with Crippen LogP contribution in [0.15, 0.2) is 54.5 Å². The van der Waals surface area contributed by atoms with Gasteiger partial charge in [-0.05, 0) is 61.7 Å². The first-order chi connectivity index (χ1) is 12.4. The zero-order chi connectivity index (χ0) is 18.5. The highest BCUT2D eigenvalue weighted by molar-refractivity contribution is 6.05. The Kier molecular flexibility index (Phi) is 3.79. The molecule has 2 aromatic rings. The van der Waals surface area contributed by atoms with Gasteiger partial charge in [-0.25, -0.2) is 0 Å². The Balaban J connectivity index is 1.82. The van der Waals surface area contributed by atoms with Gasteiger partial charge in [0, 0.05) is 35.4 Å². The number of hydrogen-bond donors (Lipinski definition) is 0. The van der Waals surface area contributed by atoms with Crippen LogP contribution in [-0.2, 0) is 4.79 Å². The third-order valence-electron chi connectivity index (χ3n) is 5.49. The molecule has 0 N–H and O–H groups in total. The van der Waals surface area contributed by atoms with E-state index in [-0.39, 0.29) is 11.8 Å². The van der Waals surface area contributed by atoms with Gasteiger partial charge in [0.25, 0.3) is 0 Å². The smallest absolute Gasteiger partial charge is 0.237 e. The fourth-order valence-electron chi connectivity index (χ4n) is 3.99. The summed E-state index contributed by atoms with van der Waals surface area (Å²) in [5, 5.41) is 0. The lowest BCUT2D eigenvalue weighted by Gasteiger charge is -2.26. The molecule has 1 unspecified atom stereocenters. The molecule has 0 spiro atoms. The second-order valence-corrected chi connectivity index (χ2v) is 7.72. The van der Waals surface area contributed by atoms with E-state index in [1.54, 1.807) is 6.20 Å². The molecule has 1 amide bonds. The summed E-state index contributed by atoms with van der Waals surface area (Å²) in [6, 6.07) is 8.01. The molecule has 2 aliphatic rings. The van der Waals surface area contributed by atoms with E-state index in [2.05, 4.69) is 42.0 Å². The Hall–Kier alpha value is -2.75. The highest BCUT2D eigenvalue weighted by atomic mass is 16.2. The number of carbonyl (C=O) groups is 1. The summed E-state index contributed by atoms with van der Waals surface area (Å²) >= 11 is 0.